The molecule has 1 aliphatic rings. The second kappa shape index (κ2) is 11.4. The largest absolute Gasteiger partial charge is 0.507 e. The third kappa shape index (κ3) is 5.40. The Balaban J connectivity index is 1.81. The van der Waals surface area contributed by atoms with Gasteiger partial charge in [-0.25, -0.2) is 0 Å². The second-order valence-corrected chi connectivity index (χ2v) is 10.0. The van der Waals surface area contributed by atoms with Gasteiger partial charge >= 0.3 is 0 Å². The summed E-state index contributed by atoms with van der Waals surface area (Å²) in [5.41, 5.74) is 3.44. The number of halogens is 1. The van der Waals surface area contributed by atoms with Crippen LogP contribution < -0.4 is 9.47 Å². The Morgan fingerprint density at radius 1 is 1.19 bits per heavy atom. The normalized spacial score (nSPS) is 14.9. The minimum atomic E-state index is -0.508. The molecule has 0 spiro atoms. The number of nitrogens with zero attached hydrogens (tertiary/aromatic N) is 2. The minimum Gasteiger partial charge on any atom is -0.507 e. The van der Waals surface area contributed by atoms with E-state index < -0.39 is 6.04 Å². The smallest absolute Gasteiger partial charge is 0.273 e. The molecular weight excluding hydrogens is 494 g/mol. The minimum absolute atomic E-state index is 0.0279. The van der Waals surface area contributed by atoms with Gasteiger partial charge in [0, 0.05) is 29.3 Å². The van der Waals surface area contributed by atoms with Gasteiger partial charge in [-0.15, -0.1) is 0 Å². The van der Waals surface area contributed by atoms with Crippen LogP contribution in [0.25, 0.3) is 11.3 Å². The highest BCUT2D eigenvalue weighted by Gasteiger charge is 2.42. The maximum Gasteiger partial charge on any atom is 0.273 e. The maximum absolute atomic E-state index is 13.4. The molecule has 2 heterocycles. The number of aryl methyl sites for hydroxylation is 1. The van der Waals surface area contributed by atoms with Crippen molar-refractivity contribution in [3.8, 4) is 28.5 Å². The van der Waals surface area contributed by atoms with Gasteiger partial charge in [0.05, 0.1) is 19.3 Å². The van der Waals surface area contributed by atoms with Gasteiger partial charge in [-0.05, 0) is 68.0 Å². The molecule has 0 saturated heterocycles. The van der Waals surface area contributed by atoms with Gasteiger partial charge in [0.1, 0.15) is 17.1 Å². The second-order valence-electron chi connectivity index (χ2n) is 9.63. The molecule has 2 aromatic carbocycles. The van der Waals surface area contributed by atoms with E-state index in [2.05, 4.69) is 24.0 Å². The predicted molar refractivity (Wildman–Crippen MR) is 143 cm³/mol. The number of phenols is 1. The Kier molecular flexibility index (Phi) is 8.29. The predicted octanol–water partition coefficient (Wildman–Crippen LogP) is 5.50. The Hall–Kier alpha value is -3.23. The molecule has 1 amide bonds. The van der Waals surface area contributed by atoms with E-state index in [1.807, 2.05) is 32.0 Å². The first-order valence-electron chi connectivity index (χ1n) is 12.7. The Morgan fingerprint density at radius 3 is 2.68 bits per heavy atom. The third-order valence-corrected chi connectivity index (χ3v) is 6.90. The summed E-state index contributed by atoms with van der Waals surface area (Å²) in [5.74, 6) is 1.57. The monoisotopic (exact) mass is 527 g/mol. The number of aromatic amines is 1. The fourth-order valence-electron chi connectivity index (χ4n) is 4.56. The molecule has 198 valence electrons. The fourth-order valence-corrected chi connectivity index (χ4v) is 4.73. The number of aliphatic hydroxyl groups excluding tert-OH is 1. The summed E-state index contributed by atoms with van der Waals surface area (Å²) in [7, 11) is 0. The molecule has 1 aliphatic heterocycles. The standard InChI is InChI=1S/C28H34ClN3O5/c1-5-36-23-14-18(7-8-22(23)37-12-9-16(2)3)27-24-25(19-15-20(29)17(4)13-21(19)34)30-31-26(24)28(35)32(27)10-6-11-33/h7-8,13-16,27,33-34H,5-6,9-12H2,1-4H3,(H,30,31). The number of fused-ring (bicyclic) bond motifs is 1. The van der Waals surface area contributed by atoms with Crippen molar-refractivity contribution in [3.05, 3.63) is 57.7 Å². The molecule has 3 aromatic rings. The Bertz CT molecular complexity index is 1270. The van der Waals surface area contributed by atoms with Crippen molar-refractivity contribution in [1.29, 1.82) is 0 Å². The number of H-pyrrole nitrogens is 1. The van der Waals surface area contributed by atoms with E-state index in [1.165, 1.54) is 0 Å². The maximum atomic E-state index is 13.4. The number of ether oxygens (including phenoxy) is 2. The van der Waals surface area contributed by atoms with Gasteiger partial charge < -0.3 is 24.6 Å². The van der Waals surface area contributed by atoms with Crippen molar-refractivity contribution in [2.24, 2.45) is 5.92 Å². The lowest BCUT2D eigenvalue weighted by Gasteiger charge is -2.27. The van der Waals surface area contributed by atoms with Crippen LogP contribution in [0.15, 0.2) is 30.3 Å². The lowest BCUT2D eigenvalue weighted by Crippen LogP contribution is -2.31. The number of aliphatic hydroxyl groups is 1. The topological polar surface area (TPSA) is 108 Å². The summed E-state index contributed by atoms with van der Waals surface area (Å²) < 4.78 is 11.9. The van der Waals surface area contributed by atoms with Crippen LogP contribution >= 0.6 is 11.6 Å². The zero-order chi connectivity index (χ0) is 26.7. The van der Waals surface area contributed by atoms with E-state index >= 15 is 0 Å². The molecule has 9 heteroatoms. The first-order valence-corrected chi connectivity index (χ1v) is 13.0. The van der Waals surface area contributed by atoms with E-state index in [0.29, 0.717) is 71.1 Å². The van der Waals surface area contributed by atoms with Gasteiger partial charge in [0.2, 0.25) is 0 Å². The molecule has 0 radical (unpaired) electrons. The molecule has 3 N–H and O–H groups in total. The average Bonchev–Trinajstić information content (AvgIpc) is 3.39. The summed E-state index contributed by atoms with van der Waals surface area (Å²) in [6.07, 6.45) is 1.34. The van der Waals surface area contributed by atoms with Crippen molar-refractivity contribution in [1.82, 2.24) is 15.1 Å². The summed E-state index contributed by atoms with van der Waals surface area (Å²) in [5, 5.41) is 28.0. The molecule has 0 saturated carbocycles. The number of benzene rings is 2. The summed E-state index contributed by atoms with van der Waals surface area (Å²) >= 11 is 6.38. The fraction of sp³-hybridized carbons (Fsp3) is 0.429. The number of nitrogens with one attached hydrogen (secondary N) is 1. The van der Waals surface area contributed by atoms with Crippen LogP contribution in [-0.2, 0) is 0 Å². The van der Waals surface area contributed by atoms with Crippen LogP contribution in [0.3, 0.4) is 0 Å². The van der Waals surface area contributed by atoms with Crippen molar-refractivity contribution in [3.63, 3.8) is 0 Å². The molecule has 0 bridgehead atoms. The van der Waals surface area contributed by atoms with Gasteiger partial charge in [-0.2, -0.15) is 5.10 Å². The lowest BCUT2D eigenvalue weighted by atomic mass is 9.95. The van der Waals surface area contributed by atoms with Crippen LogP contribution in [0, 0.1) is 12.8 Å². The highest BCUT2D eigenvalue weighted by atomic mass is 35.5. The van der Waals surface area contributed by atoms with Crippen LogP contribution in [-0.4, -0.2) is 57.6 Å². The van der Waals surface area contributed by atoms with Gasteiger partial charge in [0.25, 0.3) is 5.91 Å². The molecular formula is C28H34ClN3O5. The summed E-state index contributed by atoms with van der Waals surface area (Å²) in [6.45, 7) is 9.35. The number of rotatable bonds is 11. The molecule has 37 heavy (non-hydrogen) atoms. The highest BCUT2D eigenvalue weighted by Crippen LogP contribution is 2.46. The van der Waals surface area contributed by atoms with Crippen LogP contribution in [0.1, 0.15) is 66.8 Å². The highest BCUT2D eigenvalue weighted by molar-refractivity contribution is 6.31. The zero-order valence-corrected chi connectivity index (χ0v) is 22.4. The Labute approximate surface area is 222 Å². The van der Waals surface area contributed by atoms with E-state index in [0.717, 1.165) is 17.5 Å². The molecule has 1 aromatic heterocycles. The molecule has 1 unspecified atom stereocenters. The molecule has 0 fully saturated rings. The lowest BCUT2D eigenvalue weighted by molar-refractivity contribution is 0.0732. The molecule has 0 aliphatic carbocycles. The van der Waals surface area contributed by atoms with Gasteiger partial charge in [-0.3, -0.25) is 9.89 Å². The number of amides is 1. The van der Waals surface area contributed by atoms with Crippen LogP contribution in [0.5, 0.6) is 17.2 Å². The van der Waals surface area contributed by atoms with Crippen molar-refractivity contribution in [2.75, 3.05) is 26.4 Å². The Morgan fingerprint density at radius 2 is 1.97 bits per heavy atom. The van der Waals surface area contributed by atoms with Crippen molar-refractivity contribution in [2.45, 2.75) is 46.6 Å². The number of phenolic OH excluding ortho intramolecular Hbond substituents is 1. The van der Waals surface area contributed by atoms with Gasteiger partial charge in [-0.1, -0.05) is 31.5 Å². The number of carbonyl (C=O) groups excluding carboxylic acids is 1. The number of hydrogen-bond acceptors (Lipinski definition) is 6. The van der Waals surface area contributed by atoms with Crippen LogP contribution in [0.2, 0.25) is 5.02 Å². The van der Waals surface area contributed by atoms with E-state index in [-0.39, 0.29) is 18.3 Å². The summed E-state index contributed by atoms with van der Waals surface area (Å²) in [4.78, 5) is 15.2. The van der Waals surface area contributed by atoms with E-state index in [4.69, 9.17) is 21.1 Å². The number of carbonyl (C=O) groups is 1. The SMILES string of the molecule is CCOc1cc(C2c3c(-c4cc(Cl)c(C)cc4O)n[nH]c3C(=O)N2CCCO)ccc1OCCC(C)C. The average molecular weight is 528 g/mol. The third-order valence-electron chi connectivity index (χ3n) is 6.49. The zero-order valence-electron chi connectivity index (χ0n) is 21.7. The van der Waals surface area contributed by atoms with E-state index in [9.17, 15) is 15.0 Å². The van der Waals surface area contributed by atoms with Crippen molar-refractivity contribution >= 4 is 17.5 Å². The number of aromatic nitrogens is 2. The van der Waals surface area contributed by atoms with Crippen molar-refractivity contribution < 1.29 is 24.5 Å². The molecule has 8 nitrogen and oxygen atoms in total. The first-order chi connectivity index (χ1) is 17.8. The summed E-state index contributed by atoms with van der Waals surface area (Å²) in [6, 6.07) is 8.43. The molecule has 1 atom stereocenters. The van der Waals surface area contributed by atoms with E-state index in [1.54, 1.807) is 17.0 Å². The number of aromatic hydroxyl groups is 1. The quantitative estimate of drug-likeness (QED) is 0.304. The van der Waals surface area contributed by atoms with Crippen LogP contribution in [0.4, 0.5) is 0 Å². The van der Waals surface area contributed by atoms with Gasteiger partial charge in [0.15, 0.2) is 11.5 Å². The molecule has 4 rings (SSSR count). The number of hydrogen-bond donors (Lipinski definition) is 3. The first kappa shape index (κ1) is 26.8.